The van der Waals surface area contributed by atoms with Crippen molar-refractivity contribution >= 4 is 29.8 Å². The number of aromatic hydroxyl groups is 2. The second-order valence-electron chi connectivity index (χ2n) is 16.4. The van der Waals surface area contributed by atoms with Crippen molar-refractivity contribution in [2.45, 2.75) is 115 Å². The normalized spacial score (nSPS) is 13.4. The molecule has 0 aliphatic heterocycles. The lowest BCUT2D eigenvalue weighted by atomic mass is 9.83. The molecule has 3 aromatic rings. The fraction of sp³-hybridized carbons (Fsp3) is 0.489. The van der Waals surface area contributed by atoms with E-state index in [9.17, 15) is 34.5 Å². The molecule has 0 saturated carbocycles. The van der Waals surface area contributed by atoms with E-state index in [1.807, 2.05) is 35.2 Å². The van der Waals surface area contributed by atoms with E-state index in [1.165, 1.54) is 24.3 Å². The minimum absolute atomic E-state index is 0.0114. The molecule has 0 spiro atoms. The van der Waals surface area contributed by atoms with Gasteiger partial charge in [-0.15, -0.1) is 0 Å². The fourth-order valence-electron chi connectivity index (χ4n) is 7.14. The molecule has 0 aliphatic rings. The van der Waals surface area contributed by atoms with Crippen molar-refractivity contribution in [3.05, 3.63) is 95.6 Å². The van der Waals surface area contributed by atoms with Crippen molar-refractivity contribution < 1.29 is 39.2 Å². The van der Waals surface area contributed by atoms with Gasteiger partial charge in [0.15, 0.2) is 5.96 Å². The molecule has 4 amide bonds. The van der Waals surface area contributed by atoms with Gasteiger partial charge in [-0.05, 0) is 100 Å². The van der Waals surface area contributed by atoms with E-state index in [1.54, 1.807) is 45.0 Å². The van der Waals surface area contributed by atoms with Gasteiger partial charge in [0.1, 0.15) is 28.7 Å². The quantitative estimate of drug-likeness (QED) is 0.0335. The molecule has 0 heterocycles. The Hall–Kier alpha value is -5.71. The molecule has 3 aromatic carbocycles. The first-order chi connectivity index (χ1) is 28.9. The van der Waals surface area contributed by atoms with Gasteiger partial charge in [-0.1, -0.05) is 73.9 Å². The van der Waals surface area contributed by atoms with Crippen LogP contribution in [0.2, 0.25) is 0 Å². The van der Waals surface area contributed by atoms with Gasteiger partial charge in [0.05, 0.1) is 12.6 Å². The van der Waals surface area contributed by atoms with Gasteiger partial charge in [-0.3, -0.25) is 24.7 Å². The van der Waals surface area contributed by atoms with Gasteiger partial charge >= 0.3 is 6.09 Å². The van der Waals surface area contributed by atoms with E-state index in [0.29, 0.717) is 43.5 Å². The summed E-state index contributed by atoms with van der Waals surface area (Å²) >= 11 is 0. The highest BCUT2D eigenvalue weighted by Crippen LogP contribution is 2.31. The number of aliphatic hydroxyl groups is 1. The summed E-state index contributed by atoms with van der Waals surface area (Å²) in [6.07, 6.45) is 3.44. The van der Waals surface area contributed by atoms with E-state index in [2.05, 4.69) is 10.6 Å². The van der Waals surface area contributed by atoms with Crippen molar-refractivity contribution in [3.63, 3.8) is 0 Å². The molecule has 16 heteroatoms. The number of amides is 4. The molecule has 0 aromatic heterocycles. The monoisotopic (exact) mass is 847 g/mol. The lowest BCUT2D eigenvalue weighted by molar-refractivity contribution is -0.136. The molecule has 0 saturated heterocycles. The number of nitrogens with two attached hydrogens (primary N) is 3. The average molecular weight is 847 g/mol. The third-order valence-corrected chi connectivity index (χ3v) is 10.3. The standard InChI is InChI=1S/C45H66N8O8/c1-44(2,3)61-43(60)53(40(58)38(30-33-17-21-36(56)22-18-33)51-39(57)37(46)29-32-15-19-35(55)20-16-32)26-12-10-24-45(41(47)59,23-9-4-5-11-25-50-42(48)49)52(27-28-54)31-34-13-7-6-8-14-34/h6-8,13-22,37-38,54-56H,4-5,9-12,23-31,46H2,1-3H3,(H2,47,59)(H,51,57)(H4,48,49,50)/t37-,38-,45-/m0/s1. The molecule has 3 rings (SSSR count). The first kappa shape index (κ1) is 49.7. The third-order valence-electron chi connectivity index (χ3n) is 10.3. The number of hydrogen-bond donors (Lipinski definition) is 9. The average Bonchev–Trinajstić information content (AvgIpc) is 3.20. The van der Waals surface area contributed by atoms with Crippen LogP contribution in [0.1, 0.15) is 88.8 Å². The highest BCUT2D eigenvalue weighted by Gasteiger charge is 2.42. The van der Waals surface area contributed by atoms with E-state index < -0.39 is 47.0 Å². The molecule has 0 aliphatic carbocycles. The first-order valence-electron chi connectivity index (χ1n) is 20.9. The van der Waals surface area contributed by atoms with Gasteiger partial charge in [0, 0.05) is 32.6 Å². The highest BCUT2D eigenvalue weighted by molar-refractivity contribution is 5.98. The number of ether oxygens (including phenoxy) is 1. The van der Waals surface area contributed by atoms with Crippen LogP contribution in [-0.4, -0.2) is 104 Å². The molecule has 334 valence electrons. The summed E-state index contributed by atoms with van der Waals surface area (Å²) in [5, 5.41) is 42.7. The number of benzene rings is 3. The van der Waals surface area contributed by atoms with Crippen molar-refractivity contribution in [2.24, 2.45) is 17.2 Å². The number of unbranched alkanes of at least 4 members (excludes halogenated alkanes) is 4. The third kappa shape index (κ3) is 17.1. The number of primary amides is 1. The number of phenols is 2. The zero-order valence-corrected chi connectivity index (χ0v) is 35.8. The van der Waals surface area contributed by atoms with Crippen LogP contribution in [0.4, 0.5) is 4.79 Å². The lowest BCUT2D eigenvalue weighted by Gasteiger charge is -2.42. The van der Waals surface area contributed by atoms with E-state index >= 15 is 0 Å². The molecule has 12 N–H and O–H groups in total. The highest BCUT2D eigenvalue weighted by atomic mass is 16.6. The van der Waals surface area contributed by atoms with Crippen LogP contribution >= 0.6 is 0 Å². The number of phenolic OH excluding ortho intramolecular Hbond substituents is 2. The van der Waals surface area contributed by atoms with Crippen LogP contribution in [0.5, 0.6) is 11.5 Å². The summed E-state index contributed by atoms with van der Waals surface area (Å²) < 4.78 is 5.70. The molecule has 0 bridgehead atoms. The molecule has 3 atom stereocenters. The van der Waals surface area contributed by atoms with E-state index in [4.69, 9.17) is 27.3 Å². The summed E-state index contributed by atoms with van der Waals surface area (Å²) in [6.45, 7) is 5.77. The van der Waals surface area contributed by atoms with Crippen molar-refractivity contribution in [1.29, 1.82) is 5.41 Å². The Bertz CT molecular complexity index is 1840. The molecule has 16 nitrogen and oxygen atoms in total. The Balaban J connectivity index is 1.89. The summed E-state index contributed by atoms with van der Waals surface area (Å²) in [5.41, 5.74) is 18.1. The van der Waals surface area contributed by atoms with Crippen LogP contribution < -0.4 is 27.8 Å². The largest absolute Gasteiger partial charge is 0.508 e. The molecule has 0 fully saturated rings. The van der Waals surface area contributed by atoms with Gasteiger partial charge in [-0.25, -0.2) is 9.69 Å². The Labute approximate surface area is 359 Å². The minimum Gasteiger partial charge on any atom is -0.508 e. The van der Waals surface area contributed by atoms with Crippen molar-refractivity contribution in [3.8, 4) is 11.5 Å². The van der Waals surface area contributed by atoms with Gasteiger partial charge in [0.25, 0.3) is 5.91 Å². The van der Waals surface area contributed by atoms with Crippen LogP contribution in [-0.2, 0) is 38.5 Å². The maximum atomic E-state index is 14.5. The fourth-order valence-corrected chi connectivity index (χ4v) is 7.14. The smallest absolute Gasteiger partial charge is 0.417 e. The van der Waals surface area contributed by atoms with Crippen LogP contribution in [0, 0.1) is 5.41 Å². The van der Waals surface area contributed by atoms with Gasteiger partial charge in [0.2, 0.25) is 11.8 Å². The van der Waals surface area contributed by atoms with Gasteiger partial charge in [-0.2, -0.15) is 0 Å². The van der Waals surface area contributed by atoms with E-state index in [0.717, 1.165) is 29.7 Å². The number of β-amino-alcohol motifs (C(OH)–C–C–N with tert-alkyl or cyclic N) is 1. The Morgan fingerprint density at radius 3 is 1.85 bits per heavy atom. The van der Waals surface area contributed by atoms with Gasteiger partial charge < -0.3 is 47.9 Å². The summed E-state index contributed by atoms with van der Waals surface area (Å²) in [4.78, 5) is 58.5. The Morgan fingerprint density at radius 1 is 0.754 bits per heavy atom. The van der Waals surface area contributed by atoms with Crippen molar-refractivity contribution in [1.82, 2.24) is 20.4 Å². The predicted octanol–water partition coefficient (Wildman–Crippen LogP) is 3.78. The predicted molar refractivity (Wildman–Crippen MR) is 234 cm³/mol. The van der Waals surface area contributed by atoms with Crippen LogP contribution in [0.25, 0.3) is 0 Å². The number of rotatable bonds is 25. The minimum atomic E-state index is -1.27. The number of nitrogens with zero attached hydrogens (tertiary/aromatic N) is 2. The first-order valence-corrected chi connectivity index (χ1v) is 20.9. The topological polar surface area (TPSA) is 271 Å². The summed E-state index contributed by atoms with van der Waals surface area (Å²) in [6, 6.07) is 19.6. The maximum Gasteiger partial charge on any atom is 0.417 e. The van der Waals surface area contributed by atoms with Crippen LogP contribution in [0.3, 0.4) is 0 Å². The van der Waals surface area contributed by atoms with E-state index in [-0.39, 0.29) is 62.8 Å². The molecule has 61 heavy (non-hydrogen) atoms. The van der Waals surface area contributed by atoms with Crippen molar-refractivity contribution in [2.75, 3.05) is 26.2 Å². The molecule has 0 unspecified atom stereocenters. The van der Waals surface area contributed by atoms with Crippen LogP contribution in [0.15, 0.2) is 78.9 Å². The number of carbonyl (C=O) groups is 4. The molecular formula is C45H66N8O8. The Morgan fingerprint density at radius 2 is 1.31 bits per heavy atom. The second-order valence-corrected chi connectivity index (χ2v) is 16.4. The number of aliphatic hydroxyl groups excluding tert-OH is 1. The molecule has 0 radical (unpaired) electrons. The SMILES string of the molecule is CC(C)(C)OC(=O)N(CCCC[C@@](CCCCCCNC(=N)N)(C(N)=O)N(CCO)Cc1ccccc1)C(=O)[C@H](Cc1ccc(O)cc1)NC(=O)[C@@H](N)Cc1ccc(O)cc1. The number of nitrogens with one attached hydrogen (secondary N) is 3. The zero-order valence-electron chi connectivity index (χ0n) is 35.8. The lowest BCUT2D eigenvalue weighted by Crippen LogP contribution is -2.58. The molecular weight excluding hydrogens is 781 g/mol. The zero-order chi connectivity index (χ0) is 45.0. The number of guanidine groups is 1. The number of imide groups is 1. The Kier molecular flexibility index (Phi) is 20.0. The maximum absolute atomic E-state index is 14.5. The summed E-state index contributed by atoms with van der Waals surface area (Å²) in [5.74, 6) is -1.95. The summed E-state index contributed by atoms with van der Waals surface area (Å²) in [7, 11) is 0. The second kappa shape index (κ2) is 24.5. The number of hydrogen-bond acceptors (Lipinski definition) is 11. The number of carbonyl (C=O) groups excluding carboxylic acids is 4.